The molecule has 1 aromatic rings. The largest absolute Gasteiger partial charge is 0.478 e. The Bertz CT molecular complexity index is 434. The summed E-state index contributed by atoms with van der Waals surface area (Å²) in [7, 11) is 0. The third-order valence-corrected chi connectivity index (χ3v) is 3.73. The first-order valence-corrected chi connectivity index (χ1v) is 6.53. The Labute approximate surface area is 113 Å². The molecule has 0 aliphatic rings. The van der Waals surface area contributed by atoms with Crippen LogP contribution in [0, 0.1) is 12.3 Å². The Kier molecular flexibility index (Phi) is 5.30. The van der Waals surface area contributed by atoms with Gasteiger partial charge in [0.15, 0.2) is 0 Å². The van der Waals surface area contributed by atoms with Crippen molar-refractivity contribution in [3.63, 3.8) is 0 Å². The molecule has 0 aliphatic heterocycles. The Hall–Kier alpha value is -1.62. The van der Waals surface area contributed by atoms with E-state index in [1.54, 1.807) is 12.1 Å². The summed E-state index contributed by atoms with van der Waals surface area (Å²) in [6.45, 7) is 6.43. The van der Waals surface area contributed by atoms with Gasteiger partial charge in [0, 0.05) is 17.7 Å². The molecule has 0 bridgehead atoms. The van der Waals surface area contributed by atoms with E-state index in [0.29, 0.717) is 12.4 Å². The van der Waals surface area contributed by atoms with Gasteiger partial charge in [-0.3, -0.25) is 0 Å². The molecule has 1 aromatic heterocycles. The molecule has 1 heterocycles. The van der Waals surface area contributed by atoms with Crippen LogP contribution in [0.2, 0.25) is 0 Å². The van der Waals surface area contributed by atoms with Crippen LogP contribution in [0.15, 0.2) is 12.1 Å². The fraction of sp³-hybridized carbons (Fsp3) is 0.571. The zero-order valence-corrected chi connectivity index (χ0v) is 11.7. The predicted molar refractivity (Wildman–Crippen MR) is 74.5 cm³/mol. The number of carboxylic acids is 1. The van der Waals surface area contributed by atoms with Crippen molar-refractivity contribution >= 4 is 11.8 Å². The number of aliphatic hydroxyl groups excluding tert-OH is 1. The number of aromatic nitrogens is 1. The number of aliphatic hydroxyl groups is 1. The number of hydrogen-bond acceptors (Lipinski definition) is 4. The maximum Gasteiger partial charge on any atom is 0.339 e. The second-order valence-electron chi connectivity index (χ2n) is 4.87. The first-order chi connectivity index (χ1) is 8.98. The number of aryl methyl sites for hydroxylation is 1. The smallest absolute Gasteiger partial charge is 0.339 e. The molecule has 0 saturated carbocycles. The lowest BCUT2D eigenvalue weighted by atomic mass is 9.83. The Morgan fingerprint density at radius 2 is 2.00 bits per heavy atom. The number of hydrogen-bond donors (Lipinski definition) is 3. The van der Waals surface area contributed by atoms with Crippen molar-refractivity contribution in [2.75, 3.05) is 18.5 Å². The number of nitrogens with one attached hydrogen (secondary N) is 1. The van der Waals surface area contributed by atoms with E-state index in [0.717, 1.165) is 18.5 Å². The molecule has 0 aromatic carbocycles. The Balaban J connectivity index is 2.93. The molecule has 3 N–H and O–H groups in total. The molecular formula is C14H22N2O3. The first-order valence-electron chi connectivity index (χ1n) is 6.53. The second kappa shape index (κ2) is 6.52. The van der Waals surface area contributed by atoms with Crippen LogP contribution in [0.1, 0.15) is 42.7 Å². The minimum atomic E-state index is -1.00. The van der Waals surface area contributed by atoms with Gasteiger partial charge in [-0.1, -0.05) is 13.8 Å². The van der Waals surface area contributed by atoms with Crippen molar-refractivity contribution in [2.24, 2.45) is 5.41 Å². The van der Waals surface area contributed by atoms with Crippen LogP contribution >= 0.6 is 0 Å². The molecule has 0 aliphatic carbocycles. The van der Waals surface area contributed by atoms with Gasteiger partial charge in [0.25, 0.3) is 0 Å². The quantitative estimate of drug-likeness (QED) is 0.705. The van der Waals surface area contributed by atoms with Gasteiger partial charge in [-0.2, -0.15) is 0 Å². The van der Waals surface area contributed by atoms with Gasteiger partial charge in [-0.15, -0.1) is 0 Å². The van der Waals surface area contributed by atoms with Crippen molar-refractivity contribution in [3.05, 3.63) is 23.4 Å². The highest BCUT2D eigenvalue weighted by Crippen LogP contribution is 2.26. The van der Waals surface area contributed by atoms with Crippen molar-refractivity contribution in [1.82, 2.24) is 4.98 Å². The summed E-state index contributed by atoms with van der Waals surface area (Å²) in [5.74, 6) is -0.634. The number of rotatable bonds is 7. The lowest BCUT2D eigenvalue weighted by molar-refractivity contribution is 0.0697. The summed E-state index contributed by atoms with van der Waals surface area (Å²) in [5, 5.41) is 21.7. The standard InChI is InChI=1S/C14H22N2O3/c1-4-14(5-2,9-17)8-15-12-11(13(18)19)7-6-10(3)16-12/h6-7,17H,4-5,8-9H2,1-3H3,(H,15,16)(H,18,19). The average molecular weight is 266 g/mol. The van der Waals surface area contributed by atoms with Crippen LogP contribution in [0.5, 0.6) is 0 Å². The van der Waals surface area contributed by atoms with E-state index in [1.807, 2.05) is 20.8 Å². The van der Waals surface area contributed by atoms with Crippen LogP contribution in [0.25, 0.3) is 0 Å². The Morgan fingerprint density at radius 1 is 1.37 bits per heavy atom. The van der Waals surface area contributed by atoms with Gasteiger partial charge >= 0.3 is 5.97 Å². The van der Waals surface area contributed by atoms with Crippen molar-refractivity contribution in [2.45, 2.75) is 33.6 Å². The van der Waals surface area contributed by atoms with E-state index in [9.17, 15) is 9.90 Å². The maximum absolute atomic E-state index is 11.1. The highest BCUT2D eigenvalue weighted by molar-refractivity contribution is 5.93. The number of anilines is 1. The van der Waals surface area contributed by atoms with Crippen LogP contribution in [-0.4, -0.2) is 34.3 Å². The van der Waals surface area contributed by atoms with Crippen LogP contribution < -0.4 is 5.32 Å². The minimum Gasteiger partial charge on any atom is -0.478 e. The van der Waals surface area contributed by atoms with Gasteiger partial charge in [0.05, 0.1) is 6.61 Å². The highest BCUT2D eigenvalue weighted by atomic mass is 16.4. The molecule has 5 nitrogen and oxygen atoms in total. The second-order valence-corrected chi connectivity index (χ2v) is 4.87. The molecule has 5 heteroatoms. The van der Waals surface area contributed by atoms with Gasteiger partial charge in [-0.25, -0.2) is 9.78 Å². The van der Waals surface area contributed by atoms with E-state index >= 15 is 0 Å². The number of nitrogens with zero attached hydrogens (tertiary/aromatic N) is 1. The summed E-state index contributed by atoms with van der Waals surface area (Å²) in [6.07, 6.45) is 1.64. The van der Waals surface area contributed by atoms with E-state index in [2.05, 4.69) is 10.3 Å². The summed E-state index contributed by atoms with van der Waals surface area (Å²) in [6, 6.07) is 3.22. The molecule has 0 fully saturated rings. The predicted octanol–water partition coefficient (Wildman–Crippen LogP) is 2.30. The highest BCUT2D eigenvalue weighted by Gasteiger charge is 2.25. The lowest BCUT2D eigenvalue weighted by Crippen LogP contribution is -2.33. The van der Waals surface area contributed by atoms with Crippen LogP contribution in [-0.2, 0) is 0 Å². The number of aromatic carboxylic acids is 1. The van der Waals surface area contributed by atoms with Gasteiger partial charge in [0.1, 0.15) is 11.4 Å². The van der Waals surface area contributed by atoms with Crippen molar-refractivity contribution < 1.29 is 15.0 Å². The van der Waals surface area contributed by atoms with Crippen LogP contribution in [0.4, 0.5) is 5.82 Å². The zero-order chi connectivity index (χ0) is 14.5. The number of carboxylic acid groups (broad SMARTS) is 1. The first kappa shape index (κ1) is 15.4. The van der Waals surface area contributed by atoms with E-state index in [1.165, 1.54) is 0 Å². The van der Waals surface area contributed by atoms with Crippen LogP contribution in [0.3, 0.4) is 0 Å². The summed E-state index contributed by atoms with van der Waals surface area (Å²) < 4.78 is 0. The molecule has 0 amide bonds. The summed E-state index contributed by atoms with van der Waals surface area (Å²) >= 11 is 0. The number of pyridine rings is 1. The molecular weight excluding hydrogens is 244 g/mol. The summed E-state index contributed by atoms with van der Waals surface area (Å²) in [5.41, 5.74) is 0.682. The van der Waals surface area contributed by atoms with Gasteiger partial charge < -0.3 is 15.5 Å². The third kappa shape index (κ3) is 3.67. The van der Waals surface area contributed by atoms with E-state index < -0.39 is 5.97 Å². The minimum absolute atomic E-state index is 0.0707. The van der Waals surface area contributed by atoms with E-state index in [-0.39, 0.29) is 17.6 Å². The van der Waals surface area contributed by atoms with E-state index in [4.69, 9.17) is 5.11 Å². The third-order valence-electron chi connectivity index (χ3n) is 3.73. The van der Waals surface area contributed by atoms with Crippen molar-refractivity contribution in [1.29, 1.82) is 0 Å². The molecule has 0 atom stereocenters. The monoisotopic (exact) mass is 266 g/mol. The Morgan fingerprint density at radius 3 is 2.47 bits per heavy atom. The number of carbonyl (C=O) groups is 1. The fourth-order valence-corrected chi connectivity index (χ4v) is 1.91. The maximum atomic E-state index is 11.1. The van der Waals surface area contributed by atoms with Gasteiger partial charge in [-0.05, 0) is 31.9 Å². The molecule has 1 rings (SSSR count). The summed E-state index contributed by atoms with van der Waals surface area (Å²) in [4.78, 5) is 15.4. The van der Waals surface area contributed by atoms with Gasteiger partial charge in [0.2, 0.25) is 0 Å². The molecule has 0 saturated heterocycles. The zero-order valence-electron chi connectivity index (χ0n) is 11.7. The molecule has 0 spiro atoms. The molecule has 0 unspecified atom stereocenters. The topological polar surface area (TPSA) is 82.5 Å². The van der Waals surface area contributed by atoms with Crippen molar-refractivity contribution in [3.8, 4) is 0 Å². The lowest BCUT2D eigenvalue weighted by Gasteiger charge is -2.30. The molecule has 0 radical (unpaired) electrons. The fourth-order valence-electron chi connectivity index (χ4n) is 1.91. The normalized spacial score (nSPS) is 11.4. The SMILES string of the molecule is CCC(CC)(CO)CNc1nc(C)ccc1C(=O)O. The average Bonchev–Trinajstić information content (AvgIpc) is 2.40. The molecule has 106 valence electrons. The molecule has 19 heavy (non-hydrogen) atoms.